The summed E-state index contributed by atoms with van der Waals surface area (Å²) >= 11 is 0. The van der Waals surface area contributed by atoms with Gasteiger partial charge in [0.25, 0.3) is 0 Å². The zero-order chi connectivity index (χ0) is 33.4. The molecule has 0 aliphatic rings. The molecule has 0 amide bonds. The van der Waals surface area contributed by atoms with Crippen LogP contribution in [-0.2, 0) is 42.3 Å². The van der Waals surface area contributed by atoms with Gasteiger partial charge in [0.15, 0.2) is 5.78 Å². The number of aromatic nitrogens is 1. The summed E-state index contributed by atoms with van der Waals surface area (Å²) in [5.41, 5.74) is 7.02. The van der Waals surface area contributed by atoms with Gasteiger partial charge in [-0.1, -0.05) is 67.6 Å². The lowest BCUT2D eigenvalue weighted by atomic mass is 9.93. The fourth-order valence-electron chi connectivity index (χ4n) is 6.44. The van der Waals surface area contributed by atoms with Crippen LogP contribution in [0.3, 0.4) is 0 Å². The number of carbonyl (C=O) groups is 2. The number of ether oxygens (including phenoxy) is 2. The minimum Gasteiger partial charge on any atom is -0.495 e. The van der Waals surface area contributed by atoms with Crippen molar-refractivity contribution in [3.63, 3.8) is 0 Å². The maximum Gasteiger partial charge on any atom is 0.305 e. The molecule has 0 radical (unpaired) electrons. The Morgan fingerprint density at radius 3 is 2.02 bits per heavy atom. The Labute approximate surface area is 281 Å². The normalized spacial score (nSPS) is 11.1. The molecule has 3 aromatic carbocycles. The van der Waals surface area contributed by atoms with E-state index in [0.717, 1.165) is 79.9 Å². The number of rotatable bonds is 20. The first-order valence-electron chi connectivity index (χ1n) is 17.3. The second-order valence-corrected chi connectivity index (χ2v) is 12.3. The summed E-state index contributed by atoms with van der Waals surface area (Å²) in [4.78, 5) is 25.8. The first kappa shape index (κ1) is 35.5. The Hall–Kier alpha value is -4.32. The first-order valence-corrected chi connectivity index (χ1v) is 17.3. The molecule has 0 spiro atoms. The van der Waals surface area contributed by atoms with Gasteiger partial charge in [-0.2, -0.15) is 0 Å². The minimum atomic E-state index is -0.179. The molecule has 0 saturated heterocycles. The van der Waals surface area contributed by atoms with E-state index in [0.29, 0.717) is 37.4 Å². The summed E-state index contributed by atoms with van der Waals surface area (Å²) in [6, 6.07) is 29.1. The molecule has 4 aromatic rings. The first-order chi connectivity index (χ1) is 22.9. The highest BCUT2D eigenvalue weighted by Gasteiger charge is 2.21. The highest BCUT2D eigenvalue weighted by Crippen LogP contribution is 2.29. The molecular formula is C41H52N2O4. The zero-order valence-electron chi connectivity index (χ0n) is 28.7. The predicted molar refractivity (Wildman–Crippen MR) is 192 cm³/mol. The molecule has 0 aliphatic heterocycles. The molecule has 250 valence electrons. The van der Waals surface area contributed by atoms with Gasteiger partial charge in [0, 0.05) is 42.5 Å². The van der Waals surface area contributed by atoms with Gasteiger partial charge < -0.3 is 19.4 Å². The van der Waals surface area contributed by atoms with Crippen LogP contribution >= 0.6 is 0 Å². The summed E-state index contributed by atoms with van der Waals surface area (Å²) in [6.07, 6.45) is 9.17. The third kappa shape index (κ3) is 10.6. The maximum atomic E-state index is 13.9. The van der Waals surface area contributed by atoms with Crippen LogP contribution in [0.15, 0.2) is 84.9 Å². The van der Waals surface area contributed by atoms with Crippen LogP contribution in [-0.4, -0.2) is 36.6 Å². The largest absolute Gasteiger partial charge is 0.495 e. The SMILES string of the molecule is CCOC(=O)CCCc1cc(C(=O)c2ccc(OC)c(NCC(CCCc3ccccc3)CCCc3ccccc3)c2)c(CC)n1C. The molecular weight excluding hydrogens is 584 g/mol. The molecule has 0 aliphatic carbocycles. The number of benzene rings is 3. The van der Waals surface area contributed by atoms with Gasteiger partial charge in [0.2, 0.25) is 0 Å². The van der Waals surface area contributed by atoms with E-state index in [1.54, 1.807) is 7.11 Å². The Kier molecular flexibility index (Phi) is 14.2. The number of carbonyl (C=O) groups excluding carboxylic acids is 2. The molecule has 4 rings (SSSR count). The van der Waals surface area contributed by atoms with Crippen molar-refractivity contribution in [3.05, 3.63) is 119 Å². The lowest BCUT2D eigenvalue weighted by molar-refractivity contribution is -0.143. The highest BCUT2D eigenvalue weighted by atomic mass is 16.5. The molecule has 6 nitrogen and oxygen atoms in total. The molecule has 0 saturated carbocycles. The lowest BCUT2D eigenvalue weighted by Gasteiger charge is -2.20. The van der Waals surface area contributed by atoms with Crippen molar-refractivity contribution in [2.75, 3.05) is 25.6 Å². The smallest absolute Gasteiger partial charge is 0.305 e. The quantitative estimate of drug-likeness (QED) is 0.0776. The third-order valence-corrected chi connectivity index (χ3v) is 9.04. The predicted octanol–water partition coefficient (Wildman–Crippen LogP) is 8.79. The van der Waals surface area contributed by atoms with Gasteiger partial charge in [0.05, 0.1) is 19.4 Å². The molecule has 0 fully saturated rings. The second-order valence-electron chi connectivity index (χ2n) is 12.3. The summed E-state index contributed by atoms with van der Waals surface area (Å²) in [7, 11) is 3.68. The summed E-state index contributed by atoms with van der Waals surface area (Å²) < 4.78 is 12.9. The highest BCUT2D eigenvalue weighted by molar-refractivity contribution is 6.10. The maximum absolute atomic E-state index is 13.9. The van der Waals surface area contributed by atoms with Gasteiger partial charge >= 0.3 is 5.97 Å². The molecule has 6 heteroatoms. The van der Waals surface area contributed by atoms with E-state index in [2.05, 4.69) is 77.5 Å². The monoisotopic (exact) mass is 636 g/mol. The Morgan fingerprint density at radius 2 is 1.45 bits per heavy atom. The molecule has 0 unspecified atom stereocenters. The number of esters is 1. The number of hydrogen-bond acceptors (Lipinski definition) is 5. The number of aryl methyl sites for hydroxylation is 3. The number of nitrogens with zero attached hydrogens (tertiary/aromatic N) is 1. The fourth-order valence-corrected chi connectivity index (χ4v) is 6.44. The van der Waals surface area contributed by atoms with Crippen LogP contribution in [0.25, 0.3) is 0 Å². The third-order valence-electron chi connectivity index (χ3n) is 9.04. The van der Waals surface area contributed by atoms with Crippen molar-refractivity contribution in [3.8, 4) is 5.75 Å². The van der Waals surface area contributed by atoms with Crippen LogP contribution in [0.1, 0.15) is 90.8 Å². The average molecular weight is 637 g/mol. The van der Waals surface area contributed by atoms with Crippen LogP contribution < -0.4 is 10.1 Å². The Bertz CT molecular complexity index is 1500. The van der Waals surface area contributed by atoms with E-state index < -0.39 is 0 Å². The van der Waals surface area contributed by atoms with Gasteiger partial charge in [-0.15, -0.1) is 0 Å². The fraction of sp³-hybridized carbons (Fsp3) is 0.415. The van der Waals surface area contributed by atoms with Gasteiger partial charge in [-0.3, -0.25) is 9.59 Å². The molecule has 1 aromatic heterocycles. The minimum absolute atomic E-state index is 0.00191. The van der Waals surface area contributed by atoms with E-state index in [9.17, 15) is 9.59 Å². The number of ketones is 1. The molecule has 0 atom stereocenters. The van der Waals surface area contributed by atoms with Crippen LogP contribution in [0, 0.1) is 5.92 Å². The lowest BCUT2D eigenvalue weighted by Crippen LogP contribution is -2.16. The number of anilines is 1. The van der Waals surface area contributed by atoms with Crippen LogP contribution in [0.2, 0.25) is 0 Å². The molecule has 47 heavy (non-hydrogen) atoms. The number of methoxy groups -OCH3 is 1. The second kappa shape index (κ2) is 18.7. The number of nitrogens with one attached hydrogen (secondary N) is 1. The van der Waals surface area contributed by atoms with Gasteiger partial charge in [-0.25, -0.2) is 0 Å². The molecule has 1 heterocycles. The Balaban J connectivity index is 1.45. The van der Waals surface area contributed by atoms with Crippen LogP contribution in [0.4, 0.5) is 5.69 Å². The van der Waals surface area contributed by atoms with Crippen LogP contribution in [0.5, 0.6) is 5.75 Å². The summed E-state index contributed by atoms with van der Waals surface area (Å²) in [5, 5.41) is 3.68. The molecule has 1 N–H and O–H groups in total. The zero-order valence-corrected chi connectivity index (χ0v) is 28.7. The van der Waals surface area contributed by atoms with E-state index in [1.807, 2.05) is 38.2 Å². The van der Waals surface area contributed by atoms with Crippen molar-refractivity contribution < 1.29 is 19.1 Å². The Morgan fingerprint density at radius 1 is 0.809 bits per heavy atom. The van der Waals surface area contributed by atoms with Gasteiger partial charge in [-0.05, 0) is 106 Å². The topological polar surface area (TPSA) is 69.6 Å². The van der Waals surface area contributed by atoms with Crippen molar-refractivity contribution in [2.45, 2.75) is 78.1 Å². The van der Waals surface area contributed by atoms with E-state index in [1.165, 1.54) is 11.1 Å². The van der Waals surface area contributed by atoms with Crippen molar-refractivity contribution in [1.29, 1.82) is 0 Å². The van der Waals surface area contributed by atoms with Gasteiger partial charge in [0.1, 0.15) is 5.75 Å². The van der Waals surface area contributed by atoms with E-state index in [-0.39, 0.29) is 11.8 Å². The van der Waals surface area contributed by atoms with Crippen molar-refractivity contribution >= 4 is 17.4 Å². The van der Waals surface area contributed by atoms with E-state index >= 15 is 0 Å². The average Bonchev–Trinajstić information content (AvgIpc) is 3.42. The summed E-state index contributed by atoms with van der Waals surface area (Å²) in [5.74, 6) is 1.05. The number of hydrogen-bond donors (Lipinski definition) is 1. The van der Waals surface area contributed by atoms with E-state index in [4.69, 9.17) is 9.47 Å². The molecule has 0 bridgehead atoms. The van der Waals surface area contributed by atoms with Crippen molar-refractivity contribution in [1.82, 2.24) is 4.57 Å². The summed E-state index contributed by atoms with van der Waals surface area (Å²) in [6.45, 7) is 5.10. The van der Waals surface area contributed by atoms with Crippen molar-refractivity contribution in [2.24, 2.45) is 13.0 Å². The standard InChI is InChI=1S/C41H52N2O4/c1-5-38-36(29-35(43(38)3)24-15-25-40(44)47-6-2)41(45)34-26-27-39(46-4)37(28-34)42-30-33(22-13-20-31-16-9-7-10-17-31)23-14-21-32-18-11-8-12-19-32/h7-12,16-19,26-29,33,42H,5-6,13-15,20-25,30H2,1-4H3.